The van der Waals surface area contributed by atoms with Gasteiger partial charge in [-0.3, -0.25) is 29.4 Å². The molecule has 0 aliphatic carbocycles. The number of nitrogens with zero attached hydrogens (tertiary/aromatic N) is 4. The number of imide groups is 1. The zero-order valence-electron chi connectivity index (χ0n) is 20.2. The quantitative estimate of drug-likeness (QED) is 0.456. The highest BCUT2D eigenvalue weighted by molar-refractivity contribution is 6.10. The van der Waals surface area contributed by atoms with Gasteiger partial charge in [0.25, 0.3) is 0 Å². The van der Waals surface area contributed by atoms with Crippen molar-refractivity contribution in [3.63, 3.8) is 0 Å². The van der Waals surface area contributed by atoms with Crippen LogP contribution >= 0.6 is 0 Å². The van der Waals surface area contributed by atoms with Crippen LogP contribution in [-0.4, -0.2) is 56.3 Å². The number of carbonyl (C=O) groups is 3. The van der Waals surface area contributed by atoms with Crippen LogP contribution in [0.3, 0.4) is 0 Å². The molecule has 4 rings (SSSR count). The van der Waals surface area contributed by atoms with Crippen LogP contribution in [0, 0.1) is 0 Å². The molecule has 2 aromatic heterocycles. The summed E-state index contributed by atoms with van der Waals surface area (Å²) in [6, 6.07) is 16.7. The fourth-order valence-corrected chi connectivity index (χ4v) is 4.63. The topological polar surface area (TPSA) is 99.3 Å². The number of carbonyl (C=O) groups excluding carboxylic acids is 3. The van der Waals surface area contributed by atoms with E-state index in [1.54, 1.807) is 18.1 Å². The van der Waals surface area contributed by atoms with Crippen molar-refractivity contribution in [2.45, 2.75) is 51.0 Å². The Morgan fingerprint density at radius 1 is 1.09 bits per heavy atom. The Morgan fingerprint density at radius 3 is 2.57 bits per heavy atom. The molecule has 3 amide bonds. The summed E-state index contributed by atoms with van der Waals surface area (Å²) in [6.45, 7) is 2.68. The van der Waals surface area contributed by atoms with Gasteiger partial charge >= 0.3 is 0 Å². The van der Waals surface area contributed by atoms with Crippen molar-refractivity contribution in [1.29, 1.82) is 0 Å². The van der Waals surface area contributed by atoms with Crippen LogP contribution in [0.1, 0.15) is 48.8 Å². The number of amides is 3. The molecule has 1 N–H and O–H groups in total. The van der Waals surface area contributed by atoms with Crippen molar-refractivity contribution in [3.05, 3.63) is 83.4 Å². The summed E-state index contributed by atoms with van der Waals surface area (Å²) in [6.07, 6.45) is 3.92. The SMILES string of the molecule is CCCc1cc(CN(C)C(=O)CC2(c3ccccc3)CC(=O)N(CCc3ccccn3)C2=O)[nH]n1. The molecule has 1 aliphatic rings. The van der Waals surface area contributed by atoms with Gasteiger partial charge in [-0.05, 0) is 30.2 Å². The Morgan fingerprint density at radius 2 is 1.86 bits per heavy atom. The molecule has 0 saturated carbocycles. The lowest BCUT2D eigenvalue weighted by Crippen LogP contribution is -2.43. The number of H-pyrrole nitrogens is 1. The number of rotatable bonds is 10. The molecule has 1 unspecified atom stereocenters. The maximum atomic E-state index is 13.7. The van der Waals surface area contributed by atoms with Crippen LogP contribution in [0.2, 0.25) is 0 Å². The first-order valence-corrected chi connectivity index (χ1v) is 12.0. The van der Waals surface area contributed by atoms with Gasteiger partial charge in [-0.25, -0.2) is 0 Å². The van der Waals surface area contributed by atoms with E-state index in [4.69, 9.17) is 0 Å². The molecule has 1 fully saturated rings. The first-order valence-electron chi connectivity index (χ1n) is 12.0. The molecular formula is C27H31N5O3. The zero-order chi connectivity index (χ0) is 24.8. The number of nitrogens with one attached hydrogen (secondary N) is 1. The van der Waals surface area contributed by atoms with Gasteiger partial charge < -0.3 is 4.90 Å². The Hall–Kier alpha value is -3.81. The van der Waals surface area contributed by atoms with Crippen molar-refractivity contribution in [2.75, 3.05) is 13.6 Å². The Bertz CT molecular complexity index is 1180. The Labute approximate surface area is 205 Å². The third-order valence-electron chi connectivity index (χ3n) is 6.53. The average molecular weight is 474 g/mol. The smallest absolute Gasteiger partial charge is 0.240 e. The normalized spacial score (nSPS) is 17.7. The number of aromatic nitrogens is 3. The highest BCUT2D eigenvalue weighted by Gasteiger charge is 2.53. The predicted molar refractivity (Wildman–Crippen MR) is 131 cm³/mol. The molecule has 8 nitrogen and oxygen atoms in total. The molecule has 3 aromatic rings. The maximum absolute atomic E-state index is 13.7. The van der Waals surface area contributed by atoms with Crippen LogP contribution in [0.25, 0.3) is 0 Å². The fourth-order valence-electron chi connectivity index (χ4n) is 4.63. The fraction of sp³-hybridized carbons (Fsp3) is 0.370. The number of aryl methyl sites for hydroxylation is 1. The van der Waals surface area contributed by atoms with Gasteiger partial charge in [-0.15, -0.1) is 0 Å². The van der Waals surface area contributed by atoms with Crippen LogP contribution in [0.5, 0.6) is 0 Å². The Balaban J connectivity index is 1.53. The monoisotopic (exact) mass is 473 g/mol. The van der Waals surface area contributed by atoms with Gasteiger partial charge in [0, 0.05) is 44.7 Å². The van der Waals surface area contributed by atoms with E-state index in [0.29, 0.717) is 18.5 Å². The van der Waals surface area contributed by atoms with Crippen molar-refractivity contribution in [2.24, 2.45) is 0 Å². The highest BCUT2D eigenvalue weighted by Crippen LogP contribution is 2.40. The summed E-state index contributed by atoms with van der Waals surface area (Å²) in [5.74, 6) is -0.783. The number of benzene rings is 1. The van der Waals surface area contributed by atoms with Gasteiger partial charge in [-0.1, -0.05) is 49.7 Å². The van der Waals surface area contributed by atoms with E-state index in [1.807, 2.05) is 54.6 Å². The van der Waals surface area contributed by atoms with Crippen LogP contribution in [-0.2, 0) is 39.2 Å². The number of pyridine rings is 1. The molecule has 182 valence electrons. The number of likely N-dealkylation sites (tertiary alicyclic amines) is 1. The second kappa shape index (κ2) is 10.6. The van der Waals surface area contributed by atoms with E-state index < -0.39 is 5.41 Å². The number of hydrogen-bond donors (Lipinski definition) is 1. The van der Waals surface area contributed by atoms with Crippen molar-refractivity contribution in [1.82, 2.24) is 25.0 Å². The van der Waals surface area contributed by atoms with Gasteiger partial charge in [-0.2, -0.15) is 5.10 Å². The molecule has 1 saturated heterocycles. The average Bonchev–Trinajstić information content (AvgIpc) is 3.40. The highest BCUT2D eigenvalue weighted by atomic mass is 16.2. The largest absolute Gasteiger partial charge is 0.340 e. The molecule has 3 heterocycles. The van der Waals surface area contributed by atoms with E-state index in [-0.39, 0.29) is 37.1 Å². The molecule has 1 atom stereocenters. The van der Waals surface area contributed by atoms with Crippen LogP contribution < -0.4 is 0 Å². The van der Waals surface area contributed by atoms with E-state index in [2.05, 4.69) is 22.1 Å². The summed E-state index contributed by atoms with van der Waals surface area (Å²) in [4.78, 5) is 47.3. The van der Waals surface area contributed by atoms with Crippen molar-refractivity contribution < 1.29 is 14.4 Å². The number of aromatic amines is 1. The van der Waals surface area contributed by atoms with Crippen LogP contribution in [0.15, 0.2) is 60.8 Å². The van der Waals surface area contributed by atoms with E-state index in [1.165, 1.54) is 4.90 Å². The lowest BCUT2D eigenvalue weighted by atomic mass is 9.75. The third kappa shape index (κ3) is 5.31. The lowest BCUT2D eigenvalue weighted by molar-refractivity contribution is -0.142. The second-order valence-electron chi connectivity index (χ2n) is 9.11. The standard InChI is InChI=1S/C27H31N5O3/c1-3-9-22-16-23(30-29-22)19-31(2)24(33)17-27(20-10-5-4-6-11-20)18-25(34)32(26(27)35)15-13-21-12-7-8-14-28-21/h4-8,10-12,14,16H,3,9,13,15,17-19H2,1-2H3,(H,29,30). The predicted octanol–water partition coefficient (Wildman–Crippen LogP) is 3.05. The van der Waals surface area contributed by atoms with E-state index >= 15 is 0 Å². The number of hydrogen-bond acceptors (Lipinski definition) is 5. The Kier molecular flexibility index (Phi) is 7.39. The van der Waals surface area contributed by atoms with E-state index in [0.717, 1.165) is 29.9 Å². The van der Waals surface area contributed by atoms with Gasteiger partial charge in [0.05, 0.1) is 23.3 Å². The molecule has 1 aliphatic heterocycles. The lowest BCUT2D eigenvalue weighted by Gasteiger charge is -2.29. The van der Waals surface area contributed by atoms with Crippen molar-refractivity contribution >= 4 is 17.7 Å². The van der Waals surface area contributed by atoms with Gasteiger partial charge in [0.15, 0.2) is 0 Å². The van der Waals surface area contributed by atoms with E-state index in [9.17, 15) is 14.4 Å². The molecule has 35 heavy (non-hydrogen) atoms. The molecule has 0 bridgehead atoms. The summed E-state index contributed by atoms with van der Waals surface area (Å²) in [7, 11) is 1.71. The summed E-state index contributed by atoms with van der Waals surface area (Å²) in [5.41, 5.74) is 2.08. The molecule has 0 spiro atoms. The molecular weight excluding hydrogens is 442 g/mol. The minimum Gasteiger partial charge on any atom is -0.340 e. The summed E-state index contributed by atoms with van der Waals surface area (Å²) >= 11 is 0. The molecule has 0 radical (unpaired) electrons. The first-order chi connectivity index (χ1) is 16.9. The third-order valence-corrected chi connectivity index (χ3v) is 6.53. The minimum absolute atomic E-state index is 0.0254. The van der Waals surface area contributed by atoms with Crippen LogP contribution in [0.4, 0.5) is 0 Å². The van der Waals surface area contributed by atoms with Gasteiger partial charge in [0.1, 0.15) is 0 Å². The van der Waals surface area contributed by atoms with Gasteiger partial charge in [0.2, 0.25) is 17.7 Å². The summed E-state index contributed by atoms with van der Waals surface area (Å²) in [5, 5.41) is 7.27. The first kappa shape index (κ1) is 24.3. The second-order valence-corrected chi connectivity index (χ2v) is 9.11. The minimum atomic E-state index is -1.21. The van der Waals surface area contributed by atoms with Crippen molar-refractivity contribution in [3.8, 4) is 0 Å². The maximum Gasteiger partial charge on any atom is 0.240 e. The molecule has 1 aromatic carbocycles. The zero-order valence-corrected chi connectivity index (χ0v) is 20.2. The molecule has 8 heteroatoms. The summed E-state index contributed by atoms with van der Waals surface area (Å²) < 4.78 is 0.